The molecule has 2 N–H and O–H groups in total. The van der Waals surface area contributed by atoms with Crippen LogP contribution >= 0.6 is 0 Å². The highest BCUT2D eigenvalue weighted by molar-refractivity contribution is 5.80. The predicted molar refractivity (Wildman–Crippen MR) is 71.9 cm³/mol. The predicted octanol–water partition coefficient (Wildman–Crippen LogP) is 2.01. The summed E-state index contributed by atoms with van der Waals surface area (Å²) in [5.41, 5.74) is 6.15. The topological polar surface area (TPSA) is 46.3 Å². The van der Waals surface area contributed by atoms with Crippen molar-refractivity contribution in [1.29, 1.82) is 0 Å². The Labute approximate surface area is 110 Å². The van der Waals surface area contributed by atoms with Gasteiger partial charge in [0.05, 0.1) is 6.04 Å². The highest BCUT2D eigenvalue weighted by atomic mass is 16.2. The number of amides is 1. The quantitative estimate of drug-likeness (QED) is 0.833. The standard InChI is InChI=1S/C15H26N2O/c1-10(16)14(18)17(2)9-15-6-11-3-12(7-15)5-13(4-11)8-15/h10-13H,3-9,16H2,1-2H3. The van der Waals surface area contributed by atoms with Gasteiger partial charge in [-0.05, 0) is 68.6 Å². The Kier molecular flexibility index (Phi) is 2.92. The number of hydrogen-bond acceptors (Lipinski definition) is 2. The van der Waals surface area contributed by atoms with Crippen LogP contribution in [0, 0.1) is 23.2 Å². The fraction of sp³-hybridized carbons (Fsp3) is 0.933. The largest absolute Gasteiger partial charge is 0.344 e. The fourth-order valence-electron chi connectivity index (χ4n) is 5.41. The second-order valence-corrected chi connectivity index (χ2v) is 7.40. The lowest BCUT2D eigenvalue weighted by atomic mass is 9.49. The zero-order chi connectivity index (χ0) is 12.9. The van der Waals surface area contributed by atoms with Crippen LogP contribution in [0.3, 0.4) is 0 Å². The van der Waals surface area contributed by atoms with E-state index < -0.39 is 0 Å². The van der Waals surface area contributed by atoms with E-state index in [9.17, 15) is 4.79 Å². The molecular formula is C15H26N2O. The molecule has 0 aromatic carbocycles. The third-order valence-electron chi connectivity index (χ3n) is 5.50. The maximum Gasteiger partial charge on any atom is 0.238 e. The molecular weight excluding hydrogens is 224 g/mol. The van der Waals surface area contributed by atoms with Crippen molar-refractivity contribution in [3.63, 3.8) is 0 Å². The summed E-state index contributed by atoms with van der Waals surface area (Å²) < 4.78 is 0. The van der Waals surface area contributed by atoms with Crippen LogP contribution in [0.1, 0.15) is 45.4 Å². The number of carbonyl (C=O) groups is 1. The minimum absolute atomic E-state index is 0.103. The molecule has 4 fully saturated rings. The van der Waals surface area contributed by atoms with E-state index in [-0.39, 0.29) is 11.9 Å². The van der Waals surface area contributed by atoms with Gasteiger partial charge in [-0.25, -0.2) is 0 Å². The first kappa shape index (κ1) is 12.5. The molecule has 4 rings (SSSR count). The molecule has 0 spiro atoms. The number of rotatable bonds is 3. The molecule has 0 heterocycles. The minimum Gasteiger partial charge on any atom is -0.344 e. The van der Waals surface area contributed by atoms with Gasteiger partial charge >= 0.3 is 0 Å². The molecule has 0 radical (unpaired) electrons. The van der Waals surface area contributed by atoms with Gasteiger partial charge in [-0.2, -0.15) is 0 Å². The lowest BCUT2D eigenvalue weighted by Crippen LogP contribution is -2.53. The third kappa shape index (κ3) is 2.07. The number of carbonyl (C=O) groups excluding carboxylic acids is 1. The molecule has 4 bridgehead atoms. The molecule has 3 heteroatoms. The SMILES string of the molecule is CC(N)C(=O)N(C)CC12CC3CC(CC(C3)C1)C2. The van der Waals surface area contributed by atoms with Crippen molar-refractivity contribution in [2.75, 3.05) is 13.6 Å². The zero-order valence-corrected chi connectivity index (χ0v) is 11.7. The minimum atomic E-state index is -0.357. The van der Waals surface area contributed by atoms with Gasteiger partial charge in [0.2, 0.25) is 5.91 Å². The van der Waals surface area contributed by atoms with Crippen molar-refractivity contribution in [3.05, 3.63) is 0 Å². The molecule has 1 unspecified atom stereocenters. The zero-order valence-electron chi connectivity index (χ0n) is 11.7. The molecule has 1 atom stereocenters. The van der Waals surface area contributed by atoms with Crippen LogP contribution in [-0.2, 0) is 4.79 Å². The Morgan fingerprint density at radius 3 is 2.06 bits per heavy atom. The van der Waals surface area contributed by atoms with Gasteiger partial charge in [0.15, 0.2) is 0 Å². The molecule has 3 nitrogen and oxygen atoms in total. The van der Waals surface area contributed by atoms with Crippen molar-refractivity contribution >= 4 is 5.91 Å². The molecule has 0 aromatic rings. The molecule has 0 aromatic heterocycles. The molecule has 4 aliphatic rings. The van der Waals surface area contributed by atoms with Gasteiger partial charge in [0.25, 0.3) is 0 Å². The third-order valence-corrected chi connectivity index (χ3v) is 5.50. The summed E-state index contributed by atoms with van der Waals surface area (Å²) in [6, 6.07) is -0.357. The van der Waals surface area contributed by atoms with Crippen LogP contribution in [-0.4, -0.2) is 30.4 Å². The Bertz CT molecular complexity index is 315. The van der Waals surface area contributed by atoms with E-state index in [2.05, 4.69) is 0 Å². The van der Waals surface area contributed by atoms with Crippen LogP contribution in [0.25, 0.3) is 0 Å². The summed E-state index contributed by atoms with van der Waals surface area (Å²) in [6.07, 6.45) is 8.46. The Morgan fingerprint density at radius 1 is 1.22 bits per heavy atom. The van der Waals surface area contributed by atoms with Crippen LogP contribution in [0.4, 0.5) is 0 Å². The number of hydrogen-bond donors (Lipinski definition) is 1. The number of likely N-dealkylation sites (N-methyl/N-ethyl adjacent to an activating group) is 1. The van der Waals surface area contributed by atoms with Gasteiger partial charge in [-0.3, -0.25) is 4.79 Å². The summed E-state index contributed by atoms with van der Waals surface area (Å²) in [5, 5.41) is 0. The maximum absolute atomic E-state index is 12.0. The summed E-state index contributed by atoms with van der Waals surface area (Å²) >= 11 is 0. The Hall–Kier alpha value is -0.570. The molecule has 102 valence electrons. The first-order valence-corrected chi connectivity index (χ1v) is 7.48. The summed E-state index contributed by atoms with van der Waals surface area (Å²) in [7, 11) is 1.93. The van der Waals surface area contributed by atoms with Crippen molar-refractivity contribution in [2.24, 2.45) is 28.9 Å². The molecule has 4 saturated carbocycles. The van der Waals surface area contributed by atoms with E-state index in [4.69, 9.17) is 5.73 Å². The van der Waals surface area contributed by atoms with E-state index in [1.54, 1.807) is 6.92 Å². The van der Waals surface area contributed by atoms with E-state index >= 15 is 0 Å². The molecule has 18 heavy (non-hydrogen) atoms. The van der Waals surface area contributed by atoms with E-state index in [1.165, 1.54) is 38.5 Å². The molecule has 1 amide bonds. The molecule has 0 aliphatic heterocycles. The normalized spacial score (nSPS) is 42.9. The number of nitrogens with zero attached hydrogens (tertiary/aromatic N) is 1. The van der Waals surface area contributed by atoms with Gasteiger partial charge < -0.3 is 10.6 Å². The highest BCUT2D eigenvalue weighted by Gasteiger charge is 2.51. The second kappa shape index (κ2) is 4.22. The average molecular weight is 250 g/mol. The van der Waals surface area contributed by atoms with E-state index in [0.29, 0.717) is 5.41 Å². The fourth-order valence-corrected chi connectivity index (χ4v) is 5.41. The van der Waals surface area contributed by atoms with Gasteiger partial charge in [0.1, 0.15) is 0 Å². The summed E-state index contributed by atoms with van der Waals surface area (Å²) in [4.78, 5) is 13.9. The van der Waals surface area contributed by atoms with Crippen LogP contribution in [0.2, 0.25) is 0 Å². The first-order chi connectivity index (χ1) is 8.47. The summed E-state index contributed by atoms with van der Waals surface area (Å²) in [5.74, 6) is 2.96. The van der Waals surface area contributed by atoms with Crippen LogP contribution < -0.4 is 5.73 Å². The van der Waals surface area contributed by atoms with Crippen molar-refractivity contribution in [3.8, 4) is 0 Å². The number of nitrogens with two attached hydrogens (primary N) is 1. The van der Waals surface area contributed by atoms with Crippen molar-refractivity contribution in [1.82, 2.24) is 4.90 Å². The van der Waals surface area contributed by atoms with E-state index in [1.807, 2.05) is 11.9 Å². The molecule has 4 aliphatic carbocycles. The Balaban J connectivity index is 1.70. The molecule has 0 saturated heterocycles. The van der Waals surface area contributed by atoms with Crippen LogP contribution in [0.15, 0.2) is 0 Å². The van der Waals surface area contributed by atoms with Crippen molar-refractivity contribution in [2.45, 2.75) is 51.5 Å². The second-order valence-electron chi connectivity index (χ2n) is 7.40. The Morgan fingerprint density at radius 2 is 1.67 bits per heavy atom. The maximum atomic E-state index is 12.0. The average Bonchev–Trinajstić information content (AvgIpc) is 2.24. The smallest absolute Gasteiger partial charge is 0.238 e. The summed E-state index contributed by atoms with van der Waals surface area (Å²) in [6.45, 7) is 2.73. The van der Waals surface area contributed by atoms with Crippen LogP contribution in [0.5, 0.6) is 0 Å². The lowest BCUT2D eigenvalue weighted by Gasteiger charge is -2.57. The van der Waals surface area contributed by atoms with E-state index in [0.717, 1.165) is 24.3 Å². The highest BCUT2D eigenvalue weighted by Crippen LogP contribution is 2.60. The van der Waals surface area contributed by atoms with Crippen molar-refractivity contribution < 1.29 is 4.79 Å². The lowest BCUT2D eigenvalue weighted by molar-refractivity contribution is -0.136. The van der Waals surface area contributed by atoms with Gasteiger partial charge in [-0.1, -0.05) is 0 Å². The van der Waals surface area contributed by atoms with Gasteiger partial charge in [0, 0.05) is 13.6 Å². The first-order valence-electron chi connectivity index (χ1n) is 7.48. The van der Waals surface area contributed by atoms with Gasteiger partial charge in [-0.15, -0.1) is 0 Å². The monoisotopic (exact) mass is 250 g/mol.